The summed E-state index contributed by atoms with van der Waals surface area (Å²) in [5, 5.41) is 3.09. The molecule has 0 aromatic heterocycles. The number of hydrogen-bond acceptors (Lipinski definition) is 4. The molecule has 0 amide bonds. The zero-order chi connectivity index (χ0) is 13.6. The SMILES string of the molecule is CCCS(=O)(=O)CCNc1cc(Br)cc(OC)c1. The molecule has 1 aromatic rings. The maximum atomic E-state index is 11.5. The van der Waals surface area contributed by atoms with Crippen molar-refractivity contribution in [3.05, 3.63) is 22.7 Å². The first-order valence-corrected chi connectivity index (χ1v) is 8.37. The molecule has 1 N–H and O–H groups in total. The van der Waals surface area contributed by atoms with Crippen molar-refractivity contribution in [1.29, 1.82) is 0 Å². The Labute approximate surface area is 117 Å². The van der Waals surface area contributed by atoms with Crippen molar-refractivity contribution < 1.29 is 13.2 Å². The maximum absolute atomic E-state index is 11.5. The Morgan fingerprint density at radius 3 is 2.61 bits per heavy atom. The highest BCUT2D eigenvalue weighted by molar-refractivity contribution is 9.10. The highest BCUT2D eigenvalue weighted by Gasteiger charge is 2.08. The zero-order valence-electron chi connectivity index (χ0n) is 10.6. The summed E-state index contributed by atoms with van der Waals surface area (Å²) < 4.78 is 29.1. The second kappa shape index (κ2) is 6.99. The van der Waals surface area contributed by atoms with Crippen molar-refractivity contribution >= 4 is 31.5 Å². The van der Waals surface area contributed by atoms with E-state index in [9.17, 15) is 8.42 Å². The van der Waals surface area contributed by atoms with Gasteiger partial charge in [-0.05, 0) is 18.6 Å². The van der Waals surface area contributed by atoms with Gasteiger partial charge < -0.3 is 10.1 Å². The number of methoxy groups -OCH3 is 1. The molecule has 0 bridgehead atoms. The Balaban J connectivity index is 2.56. The lowest BCUT2D eigenvalue weighted by Gasteiger charge is -2.09. The Hall–Kier alpha value is -0.750. The number of ether oxygens (including phenoxy) is 1. The van der Waals surface area contributed by atoms with Crippen LogP contribution < -0.4 is 10.1 Å². The summed E-state index contributed by atoms with van der Waals surface area (Å²) in [5.74, 6) is 1.12. The van der Waals surface area contributed by atoms with E-state index in [1.807, 2.05) is 25.1 Å². The number of nitrogens with one attached hydrogen (secondary N) is 1. The molecule has 0 atom stereocenters. The van der Waals surface area contributed by atoms with Gasteiger partial charge in [0.2, 0.25) is 0 Å². The molecule has 1 rings (SSSR count). The summed E-state index contributed by atoms with van der Waals surface area (Å²) in [6, 6.07) is 5.56. The van der Waals surface area contributed by atoms with Gasteiger partial charge in [0, 0.05) is 28.5 Å². The summed E-state index contributed by atoms with van der Waals surface area (Å²) in [7, 11) is -1.34. The maximum Gasteiger partial charge on any atom is 0.152 e. The van der Waals surface area contributed by atoms with Gasteiger partial charge >= 0.3 is 0 Å². The lowest BCUT2D eigenvalue weighted by molar-refractivity contribution is 0.414. The van der Waals surface area contributed by atoms with Crippen LogP contribution in [0.5, 0.6) is 5.75 Å². The summed E-state index contributed by atoms with van der Waals surface area (Å²) in [6.45, 7) is 2.27. The minimum Gasteiger partial charge on any atom is -0.497 e. The molecule has 0 heterocycles. The molecule has 0 aliphatic rings. The second-order valence-corrected chi connectivity index (χ2v) is 7.18. The third kappa shape index (κ3) is 5.27. The molecule has 0 fully saturated rings. The number of rotatable bonds is 7. The molecule has 0 aliphatic carbocycles. The molecule has 18 heavy (non-hydrogen) atoms. The van der Waals surface area contributed by atoms with Crippen LogP contribution in [0.2, 0.25) is 0 Å². The van der Waals surface area contributed by atoms with Gasteiger partial charge in [0.05, 0.1) is 12.9 Å². The van der Waals surface area contributed by atoms with Crippen LogP contribution in [0, 0.1) is 0 Å². The Bertz CT molecular complexity index is 488. The molecule has 0 spiro atoms. The van der Waals surface area contributed by atoms with Crippen molar-refractivity contribution in [1.82, 2.24) is 0 Å². The van der Waals surface area contributed by atoms with E-state index in [1.165, 1.54) is 0 Å². The second-order valence-electron chi connectivity index (χ2n) is 3.96. The number of benzene rings is 1. The molecular formula is C12H18BrNO3S. The summed E-state index contributed by atoms with van der Waals surface area (Å²) >= 11 is 3.37. The monoisotopic (exact) mass is 335 g/mol. The van der Waals surface area contributed by atoms with E-state index in [1.54, 1.807) is 7.11 Å². The zero-order valence-corrected chi connectivity index (χ0v) is 13.0. The van der Waals surface area contributed by atoms with E-state index in [0.717, 1.165) is 15.9 Å². The van der Waals surface area contributed by atoms with Gasteiger partial charge in [0.25, 0.3) is 0 Å². The first kappa shape index (κ1) is 15.3. The highest BCUT2D eigenvalue weighted by atomic mass is 79.9. The largest absolute Gasteiger partial charge is 0.497 e. The standard InChI is InChI=1S/C12H18BrNO3S/c1-3-5-18(15,16)6-4-14-11-7-10(13)8-12(9-11)17-2/h7-9,14H,3-6H2,1-2H3. The van der Waals surface area contributed by atoms with E-state index in [-0.39, 0.29) is 11.5 Å². The third-order valence-electron chi connectivity index (χ3n) is 2.36. The fourth-order valence-electron chi connectivity index (χ4n) is 1.55. The Kier molecular flexibility index (Phi) is 5.95. The van der Waals surface area contributed by atoms with Gasteiger partial charge in [-0.2, -0.15) is 0 Å². The van der Waals surface area contributed by atoms with Gasteiger partial charge in [-0.25, -0.2) is 8.42 Å². The molecule has 0 radical (unpaired) electrons. The molecular weight excluding hydrogens is 318 g/mol. The molecule has 102 valence electrons. The van der Waals surface area contributed by atoms with Crippen LogP contribution in [0.4, 0.5) is 5.69 Å². The quantitative estimate of drug-likeness (QED) is 0.832. The van der Waals surface area contributed by atoms with Crippen molar-refractivity contribution in [3.63, 3.8) is 0 Å². The predicted molar refractivity (Wildman–Crippen MR) is 78.1 cm³/mol. The molecule has 0 saturated heterocycles. The summed E-state index contributed by atoms with van der Waals surface area (Å²) in [5.41, 5.74) is 0.841. The Morgan fingerprint density at radius 1 is 1.28 bits per heavy atom. The third-order valence-corrected chi connectivity index (χ3v) is 4.68. The van der Waals surface area contributed by atoms with E-state index < -0.39 is 9.84 Å². The van der Waals surface area contributed by atoms with Crippen LogP contribution in [0.25, 0.3) is 0 Å². The van der Waals surface area contributed by atoms with Gasteiger partial charge in [0.15, 0.2) is 9.84 Å². The average molecular weight is 336 g/mol. The van der Waals surface area contributed by atoms with E-state index in [2.05, 4.69) is 21.2 Å². The van der Waals surface area contributed by atoms with E-state index >= 15 is 0 Å². The minimum atomic E-state index is -2.93. The van der Waals surface area contributed by atoms with Crippen molar-refractivity contribution in [3.8, 4) is 5.75 Å². The van der Waals surface area contributed by atoms with Crippen LogP contribution in [-0.4, -0.2) is 33.6 Å². The molecule has 1 aromatic carbocycles. The van der Waals surface area contributed by atoms with E-state index in [4.69, 9.17) is 4.74 Å². The first-order chi connectivity index (χ1) is 8.46. The first-order valence-electron chi connectivity index (χ1n) is 5.75. The lowest BCUT2D eigenvalue weighted by atomic mass is 10.3. The smallest absolute Gasteiger partial charge is 0.152 e. The van der Waals surface area contributed by atoms with Crippen LogP contribution in [0.15, 0.2) is 22.7 Å². The fourth-order valence-corrected chi connectivity index (χ4v) is 3.26. The number of anilines is 1. The minimum absolute atomic E-state index is 0.148. The van der Waals surface area contributed by atoms with Crippen LogP contribution >= 0.6 is 15.9 Å². The molecule has 4 nitrogen and oxygen atoms in total. The fraction of sp³-hybridized carbons (Fsp3) is 0.500. The molecule has 0 saturated carbocycles. The van der Waals surface area contributed by atoms with Gasteiger partial charge in [-0.1, -0.05) is 22.9 Å². The van der Waals surface area contributed by atoms with Gasteiger partial charge in [-0.3, -0.25) is 0 Å². The summed E-state index contributed by atoms with van der Waals surface area (Å²) in [4.78, 5) is 0. The van der Waals surface area contributed by atoms with Gasteiger partial charge in [-0.15, -0.1) is 0 Å². The normalized spacial score (nSPS) is 11.3. The van der Waals surface area contributed by atoms with Gasteiger partial charge in [0.1, 0.15) is 5.75 Å². The number of hydrogen-bond donors (Lipinski definition) is 1. The molecule has 0 aliphatic heterocycles. The van der Waals surface area contributed by atoms with Crippen molar-refractivity contribution in [2.45, 2.75) is 13.3 Å². The van der Waals surface area contributed by atoms with E-state index in [0.29, 0.717) is 13.0 Å². The molecule has 0 unspecified atom stereocenters. The lowest BCUT2D eigenvalue weighted by Crippen LogP contribution is -2.18. The molecule has 6 heteroatoms. The van der Waals surface area contributed by atoms with Crippen molar-refractivity contribution in [2.24, 2.45) is 0 Å². The van der Waals surface area contributed by atoms with Crippen molar-refractivity contribution in [2.75, 3.05) is 30.5 Å². The number of halogens is 1. The predicted octanol–water partition coefficient (Wildman–Crippen LogP) is 2.69. The number of sulfone groups is 1. The van der Waals surface area contributed by atoms with Crippen LogP contribution in [0.1, 0.15) is 13.3 Å². The van der Waals surface area contributed by atoms with Crippen LogP contribution in [-0.2, 0) is 9.84 Å². The average Bonchev–Trinajstić information content (AvgIpc) is 2.27. The van der Waals surface area contributed by atoms with Crippen LogP contribution in [0.3, 0.4) is 0 Å². The summed E-state index contributed by atoms with van der Waals surface area (Å²) in [6.07, 6.45) is 0.660. The topological polar surface area (TPSA) is 55.4 Å². The Morgan fingerprint density at radius 2 is 2.00 bits per heavy atom. The highest BCUT2D eigenvalue weighted by Crippen LogP contribution is 2.24.